The van der Waals surface area contributed by atoms with Gasteiger partial charge in [-0.1, -0.05) is 23.7 Å². The first-order chi connectivity index (χ1) is 7.99. The van der Waals surface area contributed by atoms with Gasteiger partial charge in [-0.2, -0.15) is 0 Å². The minimum atomic E-state index is -0.0980. The van der Waals surface area contributed by atoms with Crippen molar-refractivity contribution in [1.29, 1.82) is 0 Å². The number of halogens is 1. The quantitative estimate of drug-likeness (QED) is 0.858. The van der Waals surface area contributed by atoms with Gasteiger partial charge in [0.05, 0.1) is 12.1 Å². The molecule has 1 heterocycles. The fourth-order valence-corrected chi connectivity index (χ4v) is 1.83. The molecule has 0 bridgehead atoms. The fraction of sp³-hybridized carbons (Fsp3) is 0.250. The van der Waals surface area contributed by atoms with E-state index in [4.69, 9.17) is 17.3 Å². The topological polar surface area (TPSA) is 63.8 Å². The lowest BCUT2D eigenvalue weighted by atomic mass is 10.1. The number of benzene rings is 1. The van der Waals surface area contributed by atoms with Crippen molar-refractivity contribution in [2.75, 3.05) is 5.73 Å². The van der Waals surface area contributed by atoms with Gasteiger partial charge in [0.1, 0.15) is 5.82 Å². The molecule has 0 atom stereocenters. The van der Waals surface area contributed by atoms with Gasteiger partial charge >= 0.3 is 0 Å². The highest BCUT2D eigenvalue weighted by atomic mass is 35.5. The van der Waals surface area contributed by atoms with Crippen LogP contribution in [0.5, 0.6) is 0 Å². The van der Waals surface area contributed by atoms with Crippen LogP contribution in [0.2, 0.25) is 5.02 Å². The Morgan fingerprint density at radius 1 is 1.41 bits per heavy atom. The molecule has 4 nitrogen and oxygen atoms in total. The number of hydrogen-bond donors (Lipinski definition) is 2. The second-order valence-electron chi connectivity index (χ2n) is 4.13. The lowest BCUT2D eigenvalue weighted by Gasteiger charge is -2.04. The SMILES string of the molecule is Cc1ccc(Cn2[nH]c(N)c(C)c2=O)cc1Cl. The molecule has 0 aliphatic rings. The zero-order valence-electron chi connectivity index (χ0n) is 9.75. The molecule has 0 saturated heterocycles. The lowest BCUT2D eigenvalue weighted by Crippen LogP contribution is -2.18. The number of nitrogens with one attached hydrogen (secondary N) is 1. The molecule has 2 rings (SSSR count). The fourth-order valence-electron chi connectivity index (χ4n) is 1.63. The van der Waals surface area contributed by atoms with Crippen molar-refractivity contribution in [2.24, 2.45) is 0 Å². The maximum atomic E-state index is 11.8. The van der Waals surface area contributed by atoms with Gasteiger partial charge in [0, 0.05) is 5.02 Å². The van der Waals surface area contributed by atoms with Crippen LogP contribution in [-0.2, 0) is 6.54 Å². The first-order valence-corrected chi connectivity index (χ1v) is 5.66. The van der Waals surface area contributed by atoms with Crippen LogP contribution in [0.15, 0.2) is 23.0 Å². The molecule has 0 radical (unpaired) electrons. The van der Waals surface area contributed by atoms with Crippen molar-refractivity contribution in [3.63, 3.8) is 0 Å². The van der Waals surface area contributed by atoms with Crippen molar-refractivity contribution in [1.82, 2.24) is 9.78 Å². The van der Waals surface area contributed by atoms with E-state index in [0.29, 0.717) is 22.9 Å². The molecule has 90 valence electrons. The van der Waals surface area contributed by atoms with Crippen molar-refractivity contribution < 1.29 is 0 Å². The van der Waals surface area contributed by atoms with Crippen LogP contribution in [0.1, 0.15) is 16.7 Å². The smallest absolute Gasteiger partial charge is 0.271 e. The van der Waals surface area contributed by atoms with Gasteiger partial charge in [0.15, 0.2) is 0 Å². The van der Waals surface area contributed by atoms with Crippen LogP contribution in [-0.4, -0.2) is 9.78 Å². The second kappa shape index (κ2) is 4.30. The zero-order valence-corrected chi connectivity index (χ0v) is 10.5. The number of rotatable bonds is 2. The van der Waals surface area contributed by atoms with E-state index >= 15 is 0 Å². The highest BCUT2D eigenvalue weighted by molar-refractivity contribution is 6.31. The van der Waals surface area contributed by atoms with E-state index in [9.17, 15) is 4.79 Å². The van der Waals surface area contributed by atoms with Crippen LogP contribution in [0.25, 0.3) is 0 Å². The normalized spacial score (nSPS) is 10.8. The average molecular weight is 252 g/mol. The highest BCUT2D eigenvalue weighted by Gasteiger charge is 2.07. The first kappa shape index (κ1) is 11.8. The molecule has 17 heavy (non-hydrogen) atoms. The summed E-state index contributed by atoms with van der Waals surface area (Å²) >= 11 is 6.03. The number of aromatic amines is 1. The van der Waals surface area contributed by atoms with E-state index < -0.39 is 0 Å². The molecule has 0 aliphatic carbocycles. The molecule has 2 aromatic rings. The molecule has 0 spiro atoms. The van der Waals surface area contributed by atoms with Gasteiger partial charge in [-0.15, -0.1) is 0 Å². The molecule has 1 aromatic heterocycles. The molecule has 0 fully saturated rings. The molecule has 0 saturated carbocycles. The minimum Gasteiger partial charge on any atom is -0.384 e. The number of aromatic nitrogens is 2. The van der Waals surface area contributed by atoms with E-state index in [2.05, 4.69) is 5.10 Å². The van der Waals surface area contributed by atoms with Gasteiger partial charge in [-0.3, -0.25) is 9.89 Å². The van der Waals surface area contributed by atoms with Crippen LogP contribution in [0.4, 0.5) is 5.82 Å². The van der Waals surface area contributed by atoms with Crippen molar-refractivity contribution in [3.05, 3.63) is 50.3 Å². The van der Waals surface area contributed by atoms with Gasteiger partial charge in [-0.25, -0.2) is 4.68 Å². The van der Waals surface area contributed by atoms with E-state index in [1.807, 2.05) is 25.1 Å². The minimum absolute atomic E-state index is 0.0980. The summed E-state index contributed by atoms with van der Waals surface area (Å²) in [5.41, 5.74) is 8.07. The summed E-state index contributed by atoms with van der Waals surface area (Å²) in [5, 5.41) is 3.53. The Morgan fingerprint density at radius 2 is 2.12 bits per heavy atom. The predicted molar refractivity (Wildman–Crippen MR) is 69.5 cm³/mol. The summed E-state index contributed by atoms with van der Waals surface area (Å²) < 4.78 is 1.48. The van der Waals surface area contributed by atoms with Crippen LogP contribution < -0.4 is 11.3 Å². The number of nitrogens with two attached hydrogens (primary N) is 1. The van der Waals surface area contributed by atoms with E-state index in [1.54, 1.807) is 6.92 Å². The lowest BCUT2D eigenvalue weighted by molar-refractivity contribution is 0.665. The standard InChI is InChI=1S/C12H14ClN3O/c1-7-3-4-9(5-10(7)13)6-16-12(17)8(2)11(14)15-16/h3-5,15H,6,14H2,1-2H3. The average Bonchev–Trinajstić information content (AvgIpc) is 2.52. The number of hydrogen-bond acceptors (Lipinski definition) is 2. The molecular formula is C12H14ClN3O. The molecule has 1 aromatic carbocycles. The molecule has 5 heteroatoms. The van der Waals surface area contributed by atoms with Crippen LogP contribution >= 0.6 is 11.6 Å². The third-order valence-electron chi connectivity index (χ3n) is 2.80. The Morgan fingerprint density at radius 3 is 2.65 bits per heavy atom. The monoisotopic (exact) mass is 251 g/mol. The van der Waals surface area contributed by atoms with Crippen molar-refractivity contribution >= 4 is 17.4 Å². The summed E-state index contributed by atoms with van der Waals surface area (Å²) in [7, 11) is 0. The molecular weight excluding hydrogens is 238 g/mol. The summed E-state index contributed by atoms with van der Waals surface area (Å²) in [6, 6.07) is 5.73. The van der Waals surface area contributed by atoms with Crippen molar-refractivity contribution in [3.8, 4) is 0 Å². The number of aryl methyl sites for hydroxylation is 1. The molecule has 3 N–H and O–H groups in total. The van der Waals surface area contributed by atoms with Gasteiger partial charge in [0.25, 0.3) is 5.56 Å². The maximum Gasteiger partial charge on any atom is 0.271 e. The Bertz CT molecular complexity index is 613. The predicted octanol–water partition coefficient (Wildman–Crippen LogP) is 2.08. The Balaban J connectivity index is 2.35. The number of nitrogens with zero attached hydrogens (tertiary/aromatic N) is 1. The summed E-state index contributed by atoms with van der Waals surface area (Å²) in [4.78, 5) is 11.8. The molecule has 0 unspecified atom stereocenters. The van der Waals surface area contributed by atoms with E-state index in [0.717, 1.165) is 11.1 Å². The Kier molecular flexibility index (Phi) is 2.98. The summed E-state index contributed by atoms with van der Waals surface area (Å²) in [6.07, 6.45) is 0. The second-order valence-corrected chi connectivity index (χ2v) is 4.53. The number of nitrogen functional groups attached to an aromatic ring is 1. The number of anilines is 1. The van der Waals surface area contributed by atoms with Crippen molar-refractivity contribution in [2.45, 2.75) is 20.4 Å². The largest absolute Gasteiger partial charge is 0.384 e. The maximum absolute atomic E-state index is 11.8. The Labute approximate surface area is 104 Å². The first-order valence-electron chi connectivity index (χ1n) is 5.29. The number of H-pyrrole nitrogens is 1. The third-order valence-corrected chi connectivity index (χ3v) is 3.21. The molecule has 0 aliphatic heterocycles. The Hall–Kier alpha value is -1.68. The summed E-state index contributed by atoms with van der Waals surface area (Å²) in [6.45, 7) is 4.08. The third kappa shape index (κ3) is 2.22. The van der Waals surface area contributed by atoms with E-state index in [-0.39, 0.29) is 5.56 Å². The van der Waals surface area contributed by atoms with Gasteiger partial charge in [-0.05, 0) is 31.0 Å². The molecule has 0 amide bonds. The van der Waals surface area contributed by atoms with Gasteiger partial charge < -0.3 is 5.73 Å². The van der Waals surface area contributed by atoms with E-state index in [1.165, 1.54) is 4.68 Å². The highest BCUT2D eigenvalue weighted by Crippen LogP contribution is 2.17. The van der Waals surface area contributed by atoms with Crippen LogP contribution in [0, 0.1) is 13.8 Å². The van der Waals surface area contributed by atoms with Crippen LogP contribution in [0.3, 0.4) is 0 Å². The zero-order chi connectivity index (χ0) is 12.6. The summed E-state index contributed by atoms with van der Waals surface area (Å²) in [5.74, 6) is 0.410. The van der Waals surface area contributed by atoms with Gasteiger partial charge in [0.2, 0.25) is 0 Å².